The van der Waals surface area contributed by atoms with Gasteiger partial charge in [-0.25, -0.2) is 0 Å². The summed E-state index contributed by atoms with van der Waals surface area (Å²) in [6.45, 7) is 2.29. The van der Waals surface area contributed by atoms with Gasteiger partial charge in [0.25, 0.3) is 5.91 Å². The Morgan fingerprint density at radius 1 is 1.56 bits per heavy atom. The molecular formula is C13H17N3O2. The molecule has 0 spiro atoms. The lowest BCUT2D eigenvalue weighted by Gasteiger charge is -2.10. The van der Waals surface area contributed by atoms with Crippen molar-refractivity contribution < 1.29 is 9.90 Å². The lowest BCUT2D eigenvalue weighted by Crippen LogP contribution is -2.31. The number of fused-ring (bicyclic) bond motifs is 1. The van der Waals surface area contributed by atoms with Crippen molar-refractivity contribution in [3.8, 4) is 0 Å². The van der Waals surface area contributed by atoms with Crippen LogP contribution in [0.4, 0.5) is 0 Å². The standard InChI is InChI=1S/C13H17N3O2/c1-2-3-11(17)8-14-13(18)9-4-5-12-10(6-9)7-15-16-12/h4-7,11,17H,2-3,8H2,1H3,(H,14,18)(H,15,16). The highest BCUT2D eigenvalue weighted by atomic mass is 16.3. The topological polar surface area (TPSA) is 78.0 Å². The van der Waals surface area contributed by atoms with Gasteiger partial charge in [-0.3, -0.25) is 9.89 Å². The average molecular weight is 247 g/mol. The van der Waals surface area contributed by atoms with Gasteiger partial charge >= 0.3 is 0 Å². The van der Waals surface area contributed by atoms with E-state index in [0.717, 1.165) is 17.3 Å². The second-order valence-electron chi connectivity index (χ2n) is 4.32. The quantitative estimate of drug-likeness (QED) is 0.748. The average Bonchev–Trinajstić information content (AvgIpc) is 2.83. The number of aromatic nitrogens is 2. The Bertz CT molecular complexity index is 536. The van der Waals surface area contributed by atoms with Crippen molar-refractivity contribution in [1.29, 1.82) is 0 Å². The molecule has 1 aromatic carbocycles. The van der Waals surface area contributed by atoms with Gasteiger partial charge in [-0.1, -0.05) is 13.3 Å². The van der Waals surface area contributed by atoms with E-state index in [0.29, 0.717) is 12.0 Å². The van der Waals surface area contributed by atoms with Gasteiger partial charge < -0.3 is 10.4 Å². The van der Waals surface area contributed by atoms with Crippen LogP contribution >= 0.6 is 0 Å². The lowest BCUT2D eigenvalue weighted by molar-refractivity contribution is 0.0910. The SMILES string of the molecule is CCCC(O)CNC(=O)c1ccc2[nH]ncc2c1. The fourth-order valence-corrected chi connectivity index (χ4v) is 1.83. The Hall–Kier alpha value is -1.88. The molecule has 0 bridgehead atoms. The summed E-state index contributed by atoms with van der Waals surface area (Å²) in [5.74, 6) is -0.173. The number of aliphatic hydroxyl groups is 1. The van der Waals surface area contributed by atoms with E-state index in [1.807, 2.05) is 13.0 Å². The molecule has 18 heavy (non-hydrogen) atoms. The summed E-state index contributed by atoms with van der Waals surface area (Å²) in [4.78, 5) is 11.9. The summed E-state index contributed by atoms with van der Waals surface area (Å²) in [5.41, 5.74) is 1.48. The molecule has 2 rings (SSSR count). The van der Waals surface area contributed by atoms with E-state index in [9.17, 15) is 9.90 Å². The van der Waals surface area contributed by atoms with E-state index in [4.69, 9.17) is 0 Å². The number of benzene rings is 1. The number of aromatic amines is 1. The Morgan fingerprint density at radius 3 is 3.17 bits per heavy atom. The number of hydrogen-bond donors (Lipinski definition) is 3. The first kappa shape index (κ1) is 12.6. The first-order valence-corrected chi connectivity index (χ1v) is 6.10. The molecule has 96 valence electrons. The van der Waals surface area contributed by atoms with Crippen molar-refractivity contribution in [3.63, 3.8) is 0 Å². The maximum Gasteiger partial charge on any atom is 0.251 e. The molecule has 0 radical (unpaired) electrons. The minimum absolute atomic E-state index is 0.173. The molecule has 1 heterocycles. The summed E-state index contributed by atoms with van der Waals surface area (Å²) in [6.07, 6.45) is 2.80. The molecule has 0 aliphatic heterocycles. The van der Waals surface area contributed by atoms with Gasteiger partial charge in [-0.05, 0) is 24.6 Å². The maximum absolute atomic E-state index is 11.9. The number of H-pyrrole nitrogens is 1. The van der Waals surface area contributed by atoms with E-state index in [2.05, 4.69) is 15.5 Å². The van der Waals surface area contributed by atoms with Gasteiger partial charge in [0.1, 0.15) is 0 Å². The summed E-state index contributed by atoms with van der Waals surface area (Å²) >= 11 is 0. The van der Waals surface area contributed by atoms with Gasteiger partial charge in [-0.2, -0.15) is 5.10 Å². The molecular weight excluding hydrogens is 230 g/mol. The summed E-state index contributed by atoms with van der Waals surface area (Å²) in [7, 11) is 0. The summed E-state index contributed by atoms with van der Waals surface area (Å²) in [5, 5.41) is 19.9. The lowest BCUT2D eigenvalue weighted by atomic mass is 10.1. The number of aliphatic hydroxyl groups excluding tert-OH is 1. The molecule has 0 saturated heterocycles. The Kier molecular flexibility index (Phi) is 3.94. The second-order valence-corrected chi connectivity index (χ2v) is 4.32. The molecule has 1 amide bonds. The fraction of sp³-hybridized carbons (Fsp3) is 0.385. The number of rotatable bonds is 5. The molecule has 0 aliphatic rings. The van der Waals surface area contributed by atoms with Crippen LogP contribution in [0.15, 0.2) is 24.4 Å². The predicted molar refractivity (Wildman–Crippen MR) is 69.3 cm³/mol. The number of nitrogens with zero attached hydrogens (tertiary/aromatic N) is 1. The molecule has 5 nitrogen and oxygen atoms in total. The maximum atomic E-state index is 11.9. The van der Waals surface area contributed by atoms with E-state index < -0.39 is 6.10 Å². The molecule has 2 aromatic rings. The highest BCUT2D eigenvalue weighted by molar-refractivity contribution is 5.97. The second kappa shape index (κ2) is 5.64. The molecule has 0 fully saturated rings. The summed E-state index contributed by atoms with van der Waals surface area (Å²) < 4.78 is 0. The molecule has 1 aromatic heterocycles. The highest BCUT2D eigenvalue weighted by Crippen LogP contribution is 2.12. The third-order valence-electron chi connectivity index (χ3n) is 2.82. The van der Waals surface area contributed by atoms with Crippen LogP contribution in [0.25, 0.3) is 10.9 Å². The largest absolute Gasteiger partial charge is 0.391 e. The number of carbonyl (C=O) groups is 1. The van der Waals surface area contributed by atoms with Gasteiger partial charge in [0.15, 0.2) is 0 Å². The number of hydrogen-bond acceptors (Lipinski definition) is 3. The normalized spacial score (nSPS) is 12.6. The van der Waals surface area contributed by atoms with Crippen molar-refractivity contribution in [2.45, 2.75) is 25.9 Å². The minimum atomic E-state index is -0.475. The molecule has 3 N–H and O–H groups in total. The molecule has 0 saturated carbocycles. The minimum Gasteiger partial charge on any atom is -0.391 e. The van der Waals surface area contributed by atoms with E-state index in [1.165, 1.54) is 0 Å². The zero-order valence-electron chi connectivity index (χ0n) is 10.3. The van der Waals surface area contributed by atoms with E-state index in [1.54, 1.807) is 18.3 Å². The van der Waals surface area contributed by atoms with Gasteiger partial charge in [0.2, 0.25) is 0 Å². The van der Waals surface area contributed by atoms with Crippen molar-refractivity contribution in [3.05, 3.63) is 30.0 Å². The fourth-order valence-electron chi connectivity index (χ4n) is 1.83. The van der Waals surface area contributed by atoms with Crippen molar-refractivity contribution >= 4 is 16.8 Å². The zero-order chi connectivity index (χ0) is 13.0. The van der Waals surface area contributed by atoms with Crippen LogP contribution in [0.5, 0.6) is 0 Å². The molecule has 0 aliphatic carbocycles. The third-order valence-corrected chi connectivity index (χ3v) is 2.82. The Labute approximate surface area is 105 Å². The molecule has 1 unspecified atom stereocenters. The number of amides is 1. The predicted octanol–water partition coefficient (Wildman–Crippen LogP) is 1.45. The van der Waals surface area contributed by atoms with E-state index >= 15 is 0 Å². The van der Waals surface area contributed by atoms with Crippen LogP contribution in [-0.2, 0) is 0 Å². The molecule has 1 atom stereocenters. The van der Waals surface area contributed by atoms with Crippen LogP contribution < -0.4 is 5.32 Å². The monoisotopic (exact) mass is 247 g/mol. The van der Waals surface area contributed by atoms with Crippen molar-refractivity contribution in [2.24, 2.45) is 0 Å². The van der Waals surface area contributed by atoms with Crippen molar-refractivity contribution in [2.75, 3.05) is 6.54 Å². The van der Waals surface area contributed by atoms with Crippen LogP contribution in [0.3, 0.4) is 0 Å². The first-order valence-electron chi connectivity index (χ1n) is 6.10. The van der Waals surface area contributed by atoms with Crippen LogP contribution in [0.1, 0.15) is 30.1 Å². The van der Waals surface area contributed by atoms with Gasteiger partial charge in [0.05, 0.1) is 17.8 Å². The van der Waals surface area contributed by atoms with E-state index in [-0.39, 0.29) is 12.5 Å². The number of nitrogens with one attached hydrogen (secondary N) is 2. The summed E-state index contributed by atoms with van der Waals surface area (Å²) in [6, 6.07) is 5.34. The van der Waals surface area contributed by atoms with Gasteiger partial charge in [0, 0.05) is 17.5 Å². The Morgan fingerprint density at radius 2 is 2.39 bits per heavy atom. The first-order chi connectivity index (χ1) is 8.70. The number of carbonyl (C=O) groups excluding carboxylic acids is 1. The smallest absolute Gasteiger partial charge is 0.251 e. The van der Waals surface area contributed by atoms with Crippen LogP contribution in [0.2, 0.25) is 0 Å². The van der Waals surface area contributed by atoms with Crippen LogP contribution in [-0.4, -0.2) is 33.9 Å². The highest BCUT2D eigenvalue weighted by Gasteiger charge is 2.09. The van der Waals surface area contributed by atoms with Gasteiger partial charge in [-0.15, -0.1) is 0 Å². The zero-order valence-corrected chi connectivity index (χ0v) is 10.3. The van der Waals surface area contributed by atoms with Crippen LogP contribution in [0, 0.1) is 0 Å². The molecule has 5 heteroatoms. The Balaban J connectivity index is 1.99. The van der Waals surface area contributed by atoms with Crippen molar-refractivity contribution in [1.82, 2.24) is 15.5 Å². The third kappa shape index (κ3) is 2.87.